The van der Waals surface area contributed by atoms with Crippen LogP contribution in [-0.2, 0) is 9.84 Å². The van der Waals surface area contributed by atoms with Crippen molar-refractivity contribution in [2.75, 3.05) is 18.7 Å². The molecule has 0 saturated heterocycles. The normalized spacial score (nSPS) is 11.5. The van der Waals surface area contributed by atoms with Gasteiger partial charge in [0.05, 0.1) is 32.8 Å². The maximum Gasteiger partial charge on any atom is 0.259 e. The highest BCUT2D eigenvalue weighted by Gasteiger charge is 2.17. The van der Waals surface area contributed by atoms with Crippen LogP contribution in [0.15, 0.2) is 41.3 Å². The Hall–Kier alpha value is -2.16. The summed E-state index contributed by atoms with van der Waals surface area (Å²) in [5, 5.41) is 3.20. The fourth-order valence-electron chi connectivity index (χ4n) is 2.16. The maximum atomic E-state index is 12.5. The molecule has 0 aliphatic heterocycles. The minimum absolute atomic E-state index is 0.0242. The Morgan fingerprint density at radius 3 is 2.68 bits per heavy atom. The molecule has 2 aromatic carbocycles. The fraction of sp³-hybridized carbons (Fsp3) is 0.125. The average Bonchev–Trinajstić information content (AvgIpc) is 2.95. The van der Waals surface area contributed by atoms with Crippen LogP contribution in [0.5, 0.6) is 5.75 Å². The van der Waals surface area contributed by atoms with Crippen molar-refractivity contribution in [1.29, 1.82) is 0 Å². The van der Waals surface area contributed by atoms with E-state index < -0.39 is 15.7 Å². The number of nitrogens with zero attached hydrogens (tertiary/aromatic N) is 1. The average molecular weight is 397 g/mol. The number of amides is 1. The number of fused-ring (bicyclic) bond motifs is 1. The van der Waals surface area contributed by atoms with Crippen molar-refractivity contribution < 1.29 is 17.9 Å². The summed E-state index contributed by atoms with van der Waals surface area (Å²) in [6.45, 7) is 0. The third kappa shape index (κ3) is 3.76. The number of ether oxygens (including phenoxy) is 1. The number of methoxy groups -OCH3 is 1. The van der Waals surface area contributed by atoms with Crippen LogP contribution in [0.1, 0.15) is 10.4 Å². The number of hydrogen-bond acceptors (Lipinski definition) is 6. The van der Waals surface area contributed by atoms with Crippen molar-refractivity contribution >= 4 is 54.0 Å². The van der Waals surface area contributed by atoms with Crippen molar-refractivity contribution in [3.63, 3.8) is 0 Å². The maximum absolute atomic E-state index is 12.5. The number of nitrogens with one attached hydrogen (secondary N) is 1. The number of halogens is 1. The third-order valence-electron chi connectivity index (χ3n) is 3.43. The molecule has 0 radical (unpaired) electrons. The second-order valence-corrected chi connectivity index (χ2v) is 8.67. The van der Waals surface area contributed by atoms with Crippen LogP contribution in [0.25, 0.3) is 10.2 Å². The summed E-state index contributed by atoms with van der Waals surface area (Å²) >= 11 is 7.32. The van der Waals surface area contributed by atoms with Gasteiger partial charge in [0, 0.05) is 6.26 Å². The lowest BCUT2D eigenvalue weighted by atomic mass is 10.2. The first-order valence-electron chi connectivity index (χ1n) is 7.03. The van der Waals surface area contributed by atoms with Crippen molar-refractivity contribution in [2.24, 2.45) is 0 Å². The number of benzene rings is 2. The molecule has 0 aliphatic rings. The number of rotatable bonds is 4. The molecule has 3 rings (SSSR count). The van der Waals surface area contributed by atoms with Crippen LogP contribution in [0.2, 0.25) is 5.02 Å². The van der Waals surface area contributed by atoms with Gasteiger partial charge in [-0.2, -0.15) is 0 Å². The highest BCUT2D eigenvalue weighted by Crippen LogP contribution is 2.30. The summed E-state index contributed by atoms with van der Waals surface area (Å²) in [5.74, 6) is 0.166. The van der Waals surface area contributed by atoms with Gasteiger partial charge >= 0.3 is 0 Å². The quantitative estimate of drug-likeness (QED) is 0.728. The molecule has 0 unspecified atom stereocenters. The Bertz CT molecular complexity index is 1080. The second-order valence-electron chi connectivity index (χ2n) is 5.22. The Morgan fingerprint density at radius 2 is 2.00 bits per heavy atom. The van der Waals surface area contributed by atoms with E-state index in [0.29, 0.717) is 10.9 Å². The molecule has 0 spiro atoms. The number of thiazole rings is 1. The van der Waals surface area contributed by atoms with E-state index >= 15 is 0 Å². The van der Waals surface area contributed by atoms with Crippen molar-refractivity contribution in [3.05, 3.63) is 47.0 Å². The molecule has 1 heterocycles. The number of hydrogen-bond donors (Lipinski definition) is 1. The summed E-state index contributed by atoms with van der Waals surface area (Å²) in [6.07, 6.45) is 1.07. The van der Waals surface area contributed by atoms with E-state index in [0.717, 1.165) is 16.5 Å². The Balaban J connectivity index is 1.92. The van der Waals surface area contributed by atoms with Gasteiger partial charge in [-0.25, -0.2) is 13.4 Å². The predicted octanol–water partition coefficient (Wildman–Crippen LogP) is 3.61. The van der Waals surface area contributed by atoms with Crippen LogP contribution in [0.3, 0.4) is 0 Å². The molecule has 1 N–H and O–H groups in total. The van der Waals surface area contributed by atoms with Crippen LogP contribution in [-0.4, -0.2) is 32.7 Å². The zero-order valence-electron chi connectivity index (χ0n) is 13.2. The summed E-state index contributed by atoms with van der Waals surface area (Å²) < 4.78 is 29.3. The third-order valence-corrected chi connectivity index (χ3v) is 5.80. The first kappa shape index (κ1) is 17.7. The van der Waals surface area contributed by atoms with Crippen molar-refractivity contribution in [2.45, 2.75) is 4.90 Å². The highest BCUT2D eigenvalue weighted by atomic mass is 35.5. The van der Waals surface area contributed by atoms with Gasteiger partial charge in [0.2, 0.25) is 0 Å². The van der Waals surface area contributed by atoms with E-state index in [1.54, 1.807) is 19.2 Å². The van der Waals surface area contributed by atoms with Gasteiger partial charge in [-0.3, -0.25) is 10.1 Å². The molecule has 3 aromatic rings. The molecule has 0 fully saturated rings. The van der Waals surface area contributed by atoms with Crippen LogP contribution in [0.4, 0.5) is 5.13 Å². The topological polar surface area (TPSA) is 85.4 Å². The van der Waals surface area contributed by atoms with Gasteiger partial charge in [-0.15, -0.1) is 0 Å². The summed E-state index contributed by atoms with van der Waals surface area (Å²) in [4.78, 5) is 16.8. The van der Waals surface area contributed by atoms with Gasteiger partial charge in [0.15, 0.2) is 15.0 Å². The molecule has 0 atom stereocenters. The molecule has 0 bridgehead atoms. The smallest absolute Gasteiger partial charge is 0.259 e. The van der Waals surface area contributed by atoms with Gasteiger partial charge in [-0.05, 0) is 36.4 Å². The first-order valence-corrected chi connectivity index (χ1v) is 10.1. The first-order chi connectivity index (χ1) is 11.8. The number of sulfone groups is 1. The molecule has 25 heavy (non-hydrogen) atoms. The van der Waals surface area contributed by atoms with E-state index in [1.165, 1.54) is 29.5 Å². The molecule has 1 amide bonds. The van der Waals surface area contributed by atoms with Crippen molar-refractivity contribution in [1.82, 2.24) is 4.98 Å². The molecule has 6 nitrogen and oxygen atoms in total. The van der Waals surface area contributed by atoms with Crippen LogP contribution >= 0.6 is 22.9 Å². The fourth-order valence-corrected chi connectivity index (χ4v) is 3.90. The van der Waals surface area contributed by atoms with E-state index in [9.17, 15) is 13.2 Å². The number of anilines is 1. The lowest BCUT2D eigenvalue weighted by molar-refractivity contribution is 0.102. The summed E-state index contributed by atoms with van der Waals surface area (Å²) in [5.41, 5.74) is 0.790. The molecule has 0 aliphatic carbocycles. The van der Waals surface area contributed by atoms with Gasteiger partial charge in [0.25, 0.3) is 5.91 Å². The molecule has 130 valence electrons. The van der Waals surface area contributed by atoms with E-state index in [1.807, 2.05) is 6.07 Å². The van der Waals surface area contributed by atoms with Gasteiger partial charge < -0.3 is 4.74 Å². The Kier molecular flexibility index (Phi) is 4.68. The van der Waals surface area contributed by atoms with Gasteiger partial charge in [0.1, 0.15) is 5.75 Å². The molecular weight excluding hydrogens is 384 g/mol. The Morgan fingerprint density at radius 1 is 1.24 bits per heavy atom. The predicted molar refractivity (Wildman–Crippen MR) is 98.7 cm³/mol. The Labute approximate surface area is 153 Å². The monoisotopic (exact) mass is 396 g/mol. The lowest BCUT2D eigenvalue weighted by Gasteiger charge is -2.06. The van der Waals surface area contributed by atoms with E-state index in [4.69, 9.17) is 16.3 Å². The van der Waals surface area contributed by atoms with Crippen LogP contribution in [0, 0.1) is 0 Å². The summed E-state index contributed by atoms with van der Waals surface area (Å²) in [6, 6.07) is 9.38. The number of carbonyl (C=O) groups is 1. The van der Waals surface area contributed by atoms with Crippen LogP contribution < -0.4 is 10.1 Å². The SMILES string of the molecule is COc1ccc2nc(NC(=O)c3cc(S(C)(=O)=O)ccc3Cl)sc2c1. The second kappa shape index (κ2) is 6.62. The molecular formula is C16H13ClN2O4S2. The number of carbonyl (C=O) groups excluding carboxylic acids is 1. The molecule has 1 aromatic heterocycles. The largest absolute Gasteiger partial charge is 0.497 e. The summed E-state index contributed by atoms with van der Waals surface area (Å²) in [7, 11) is -1.87. The van der Waals surface area contributed by atoms with E-state index in [-0.39, 0.29) is 15.5 Å². The minimum Gasteiger partial charge on any atom is -0.497 e. The van der Waals surface area contributed by atoms with E-state index in [2.05, 4.69) is 10.3 Å². The van der Waals surface area contributed by atoms with Gasteiger partial charge in [-0.1, -0.05) is 22.9 Å². The van der Waals surface area contributed by atoms with Crippen molar-refractivity contribution in [3.8, 4) is 5.75 Å². The number of aromatic nitrogens is 1. The minimum atomic E-state index is -3.44. The molecule has 0 saturated carbocycles. The lowest BCUT2D eigenvalue weighted by Crippen LogP contribution is -2.13. The highest BCUT2D eigenvalue weighted by molar-refractivity contribution is 7.90. The zero-order chi connectivity index (χ0) is 18.2. The zero-order valence-corrected chi connectivity index (χ0v) is 15.6. The molecule has 9 heteroatoms. The standard InChI is InChI=1S/C16H13ClN2O4S2/c1-23-9-3-6-13-14(7-9)24-16(18-13)19-15(20)11-8-10(25(2,21)22)4-5-12(11)17/h3-8H,1-2H3,(H,18,19,20).